The molecule has 0 aromatic heterocycles. The molecule has 5 heteroatoms. The van der Waals surface area contributed by atoms with Crippen molar-refractivity contribution in [3.8, 4) is 0 Å². The summed E-state index contributed by atoms with van der Waals surface area (Å²) in [7, 11) is 3.52. The molecule has 5 nitrogen and oxygen atoms in total. The van der Waals surface area contributed by atoms with E-state index in [2.05, 4.69) is 22.5 Å². The molecule has 2 N–H and O–H groups in total. The predicted octanol–water partition coefficient (Wildman–Crippen LogP) is 2.42. The van der Waals surface area contributed by atoms with E-state index in [0.29, 0.717) is 13.2 Å². The maximum absolute atomic E-state index is 5.44. The van der Waals surface area contributed by atoms with Gasteiger partial charge in [0.25, 0.3) is 0 Å². The normalized spacial score (nSPS) is 22.6. The molecule has 0 amide bonds. The number of rotatable bonds is 10. The smallest absolute Gasteiger partial charge is 0.190 e. The zero-order chi connectivity index (χ0) is 16.0. The second-order valence-electron chi connectivity index (χ2n) is 6.13. The van der Waals surface area contributed by atoms with E-state index >= 15 is 0 Å². The van der Waals surface area contributed by atoms with E-state index in [1.807, 2.05) is 7.05 Å². The molecule has 1 aliphatic rings. The molecule has 0 heterocycles. The maximum atomic E-state index is 5.44. The molecule has 0 aromatic carbocycles. The number of methoxy groups -OCH3 is 1. The summed E-state index contributed by atoms with van der Waals surface area (Å²) in [4.78, 5) is 4.28. The van der Waals surface area contributed by atoms with Gasteiger partial charge >= 0.3 is 0 Å². The van der Waals surface area contributed by atoms with Gasteiger partial charge in [0.2, 0.25) is 0 Å². The Bertz CT molecular complexity index is 290. The topological polar surface area (TPSA) is 54.9 Å². The molecule has 1 rings (SSSR count). The number of ether oxygens (including phenoxy) is 2. The Morgan fingerprint density at radius 3 is 2.41 bits per heavy atom. The van der Waals surface area contributed by atoms with Crippen molar-refractivity contribution >= 4 is 5.96 Å². The van der Waals surface area contributed by atoms with Crippen molar-refractivity contribution in [1.82, 2.24) is 10.6 Å². The van der Waals surface area contributed by atoms with Gasteiger partial charge in [0.1, 0.15) is 0 Å². The van der Waals surface area contributed by atoms with Crippen molar-refractivity contribution in [2.24, 2.45) is 16.8 Å². The fourth-order valence-corrected chi connectivity index (χ4v) is 2.93. The van der Waals surface area contributed by atoms with Gasteiger partial charge in [0, 0.05) is 33.9 Å². The van der Waals surface area contributed by atoms with Crippen molar-refractivity contribution in [2.45, 2.75) is 45.4 Å². The van der Waals surface area contributed by atoms with Gasteiger partial charge in [-0.25, -0.2) is 0 Å². The SMILES string of the molecule is CCC1CCC(CNC(=NC)NCCCOCCOC)CC1. The molecule has 0 saturated heterocycles. The van der Waals surface area contributed by atoms with Crippen LogP contribution >= 0.6 is 0 Å². The van der Waals surface area contributed by atoms with Gasteiger partial charge in [0.05, 0.1) is 13.2 Å². The van der Waals surface area contributed by atoms with E-state index in [9.17, 15) is 0 Å². The molecule has 1 saturated carbocycles. The highest BCUT2D eigenvalue weighted by molar-refractivity contribution is 5.79. The second kappa shape index (κ2) is 12.7. The average Bonchev–Trinajstić information content (AvgIpc) is 2.57. The highest BCUT2D eigenvalue weighted by atomic mass is 16.5. The van der Waals surface area contributed by atoms with Crippen molar-refractivity contribution in [3.05, 3.63) is 0 Å². The Balaban J connectivity index is 2.03. The van der Waals surface area contributed by atoms with Crippen LogP contribution in [0.5, 0.6) is 0 Å². The number of hydrogen-bond donors (Lipinski definition) is 2. The monoisotopic (exact) mass is 313 g/mol. The highest BCUT2D eigenvalue weighted by Crippen LogP contribution is 2.29. The molecule has 0 unspecified atom stereocenters. The van der Waals surface area contributed by atoms with E-state index in [-0.39, 0.29) is 0 Å². The maximum Gasteiger partial charge on any atom is 0.190 e. The lowest BCUT2D eigenvalue weighted by Gasteiger charge is -2.28. The van der Waals surface area contributed by atoms with E-state index in [0.717, 1.165) is 43.9 Å². The van der Waals surface area contributed by atoms with Crippen LogP contribution in [0.4, 0.5) is 0 Å². The predicted molar refractivity (Wildman–Crippen MR) is 92.4 cm³/mol. The second-order valence-corrected chi connectivity index (χ2v) is 6.13. The van der Waals surface area contributed by atoms with Gasteiger partial charge in [-0.1, -0.05) is 26.2 Å². The molecule has 0 atom stereocenters. The number of hydrogen-bond acceptors (Lipinski definition) is 3. The molecular weight excluding hydrogens is 278 g/mol. The largest absolute Gasteiger partial charge is 0.382 e. The molecule has 0 aliphatic heterocycles. The molecule has 130 valence electrons. The van der Waals surface area contributed by atoms with Crippen LogP contribution in [0, 0.1) is 11.8 Å². The molecule has 0 spiro atoms. The van der Waals surface area contributed by atoms with E-state index < -0.39 is 0 Å². The summed E-state index contributed by atoms with van der Waals surface area (Å²) in [5.41, 5.74) is 0. The molecule has 0 aromatic rings. The highest BCUT2D eigenvalue weighted by Gasteiger charge is 2.19. The zero-order valence-electron chi connectivity index (χ0n) is 14.7. The summed E-state index contributed by atoms with van der Waals surface area (Å²) in [6, 6.07) is 0. The minimum Gasteiger partial charge on any atom is -0.382 e. The summed E-state index contributed by atoms with van der Waals surface area (Å²) >= 11 is 0. The van der Waals surface area contributed by atoms with Crippen LogP contribution in [-0.4, -0.2) is 53.0 Å². The van der Waals surface area contributed by atoms with Crippen LogP contribution in [0.2, 0.25) is 0 Å². The van der Waals surface area contributed by atoms with Crippen LogP contribution in [0.15, 0.2) is 4.99 Å². The summed E-state index contributed by atoms with van der Waals surface area (Å²) < 4.78 is 10.4. The number of nitrogens with zero attached hydrogens (tertiary/aromatic N) is 1. The first-order valence-electron chi connectivity index (χ1n) is 8.81. The third-order valence-corrected chi connectivity index (χ3v) is 4.52. The quantitative estimate of drug-likeness (QED) is 0.369. The minimum absolute atomic E-state index is 0.664. The Labute approximate surface area is 136 Å². The molecule has 0 bridgehead atoms. The van der Waals surface area contributed by atoms with E-state index in [1.54, 1.807) is 7.11 Å². The Kier molecular flexibility index (Phi) is 11.1. The molecule has 0 radical (unpaired) electrons. The Morgan fingerprint density at radius 1 is 1.05 bits per heavy atom. The van der Waals surface area contributed by atoms with Gasteiger partial charge in [-0.3, -0.25) is 4.99 Å². The van der Waals surface area contributed by atoms with Crippen LogP contribution in [-0.2, 0) is 9.47 Å². The van der Waals surface area contributed by atoms with Crippen LogP contribution in [0.3, 0.4) is 0 Å². The average molecular weight is 313 g/mol. The summed E-state index contributed by atoms with van der Waals surface area (Å²) in [5.74, 6) is 2.68. The van der Waals surface area contributed by atoms with Gasteiger partial charge in [-0.05, 0) is 31.1 Å². The summed E-state index contributed by atoms with van der Waals surface area (Å²) in [5, 5.41) is 6.81. The first-order valence-corrected chi connectivity index (χ1v) is 8.81. The third-order valence-electron chi connectivity index (χ3n) is 4.52. The fraction of sp³-hybridized carbons (Fsp3) is 0.941. The zero-order valence-corrected chi connectivity index (χ0v) is 14.7. The van der Waals surface area contributed by atoms with Crippen molar-refractivity contribution in [3.63, 3.8) is 0 Å². The van der Waals surface area contributed by atoms with Crippen molar-refractivity contribution < 1.29 is 9.47 Å². The fourth-order valence-electron chi connectivity index (χ4n) is 2.93. The Morgan fingerprint density at radius 2 is 1.77 bits per heavy atom. The van der Waals surface area contributed by atoms with Gasteiger partial charge in [-0.15, -0.1) is 0 Å². The molecule has 22 heavy (non-hydrogen) atoms. The van der Waals surface area contributed by atoms with Crippen LogP contribution in [0.1, 0.15) is 45.4 Å². The number of guanidine groups is 1. The van der Waals surface area contributed by atoms with E-state index in [4.69, 9.17) is 9.47 Å². The van der Waals surface area contributed by atoms with Gasteiger partial charge < -0.3 is 20.1 Å². The molecular formula is C17H35N3O2. The number of nitrogens with one attached hydrogen (secondary N) is 2. The summed E-state index contributed by atoms with van der Waals surface area (Å²) in [6.45, 7) is 6.33. The first-order chi connectivity index (χ1) is 10.8. The lowest BCUT2D eigenvalue weighted by Crippen LogP contribution is -2.41. The van der Waals surface area contributed by atoms with E-state index in [1.165, 1.54) is 32.1 Å². The number of aliphatic imine (C=N–C) groups is 1. The third kappa shape index (κ3) is 8.59. The molecule has 1 fully saturated rings. The molecule has 1 aliphatic carbocycles. The lowest BCUT2D eigenvalue weighted by atomic mass is 9.81. The van der Waals surface area contributed by atoms with Crippen molar-refractivity contribution in [1.29, 1.82) is 0 Å². The van der Waals surface area contributed by atoms with Crippen LogP contribution < -0.4 is 10.6 Å². The lowest BCUT2D eigenvalue weighted by molar-refractivity contribution is 0.0698. The standard InChI is InChI=1S/C17H35N3O2/c1-4-15-6-8-16(9-7-15)14-20-17(18-2)19-10-5-11-22-13-12-21-3/h15-16H,4-14H2,1-3H3,(H2,18,19,20). The van der Waals surface area contributed by atoms with Gasteiger partial charge in [0.15, 0.2) is 5.96 Å². The summed E-state index contributed by atoms with van der Waals surface area (Å²) in [6.07, 6.45) is 7.83. The Hall–Kier alpha value is -0.810. The minimum atomic E-state index is 0.664. The van der Waals surface area contributed by atoms with Gasteiger partial charge in [-0.2, -0.15) is 0 Å². The first kappa shape index (κ1) is 19.2. The van der Waals surface area contributed by atoms with Crippen LogP contribution in [0.25, 0.3) is 0 Å². The van der Waals surface area contributed by atoms with Crippen molar-refractivity contribution in [2.75, 3.05) is 47.1 Å².